The van der Waals surface area contributed by atoms with Gasteiger partial charge in [0.1, 0.15) is 17.2 Å². The average molecular weight is 467 g/mol. The highest BCUT2D eigenvalue weighted by atomic mass is 16.7. The van der Waals surface area contributed by atoms with Crippen LogP contribution in [-0.2, 0) is 11.3 Å². The second-order valence-corrected chi connectivity index (χ2v) is 7.41. The molecule has 1 aromatic heterocycles. The molecule has 0 fully saturated rings. The molecular formula is C24H25N3O7. The number of carbonyl (C=O) groups excluding carboxylic acids is 1. The molecule has 1 amide bonds. The number of benzene rings is 2. The number of methoxy groups -OCH3 is 2. The van der Waals surface area contributed by atoms with Crippen molar-refractivity contribution < 1.29 is 28.5 Å². The number of aromatic nitrogens is 2. The van der Waals surface area contributed by atoms with E-state index < -0.39 is 6.10 Å². The Morgan fingerprint density at radius 3 is 2.65 bits per heavy atom. The molecule has 0 saturated carbocycles. The van der Waals surface area contributed by atoms with Crippen LogP contribution in [0, 0.1) is 0 Å². The molecule has 178 valence electrons. The molecular weight excluding hydrogens is 442 g/mol. The highest BCUT2D eigenvalue weighted by Crippen LogP contribution is 2.35. The highest BCUT2D eigenvalue weighted by molar-refractivity contribution is 5.80. The Labute approximate surface area is 196 Å². The van der Waals surface area contributed by atoms with Crippen LogP contribution in [0.4, 0.5) is 0 Å². The second kappa shape index (κ2) is 10.2. The second-order valence-electron chi connectivity index (χ2n) is 7.41. The van der Waals surface area contributed by atoms with E-state index >= 15 is 0 Å². The summed E-state index contributed by atoms with van der Waals surface area (Å²) in [5.41, 5.74) is 0.941. The van der Waals surface area contributed by atoms with Gasteiger partial charge in [-0.2, -0.15) is 5.10 Å². The lowest BCUT2D eigenvalue weighted by molar-refractivity contribution is -0.127. The predicted molar refractivity (Wildman–Crippen MR) is 123 cm³/mol. The Hall–Kier alpha value is -4.21. The standard InChI is InChI=1S/C24H25N3O7/c1-15(34-17-5-8-21-22(13-17)33-14-32-21)24(29)25-10-11-27-23(28)9-6-19(26-27)18-12-16(30-2)4-7-20(18)31-3/h4-9,12-13,15H,10-11,14H2,1-3H3,(H,25,29). The first-order valence-corrected chi connectivity index (χ1v) is 10.6. The van der Waals surface area contributed by atoms with Crippen LogP contribution in [0.5, 0.6) is 28.7 Å². The van der Waals surface area contributed by atoms with Crippen LogP contribution in [0.2, 0.25) is 0 Å². The molecule has 10 nitrogen and oxygen atoms in total. The molecule has 4 rings (SSSR count). The lowest BCUT2D eigenvalue weighted by atomic mass is 10.1. The van der Waals surface area contributed by atoms with E-state index in [2.05, 4.69) is 10.4 Å². The van der Waals surface area contributed by atoms with E-state index in [4.69, 9.17) is 23.7 Å². The van der Waals surface area contributed by atoms with Gasteiger partial charge >= 0.3 is 0 Å². The molecule has 0 saturated heterocycles. The quantitative estimate of drug-likeness (QED) is 0.510. The Morgan fingerprint density at radius 2 is 1.85 bits per heavy atom. The molecule has 10 heteroatoms. The van der Waals surface area contributed by atoms with Crippen molar-refractivity contribution in [3.63, 3.8) is 0 Å². The van der Waals surface area contributed by atoms with Crippen LogP contribution in [0.15, 0.2) is 53.3 Å². The third kappa shape index (κ3) is 5.06. The van der Waals surface area contributed by atoms with Crippen molar-refractivity contribution in [2.75, 3.05) is 27.6 Å². The smallest absolute Gasteiger partial charge is 0.266 e. The van der Waals surface area contributed by atoms with Crippen molar-refractivity contribution in [3.05, 3.63) is 58.9 Å². The maximum atomic E-state index is 12.5. The van der Waals surface area contributed by atoms with Crippen LogP contribution >= 0.6 is 0 Å². The third-order valence-electron chi connectivity index (χ3n) is 5.20. The van der Waals surface area contributed by atoms with E-state index in [9.17, 15) is 9.59 Å². The normalized spacial score (nSPS) is 12.7. The summed E-state index contributed by atoms with van der Waals surface area (Å²) < 4.78 is 28.3. The minimum atomic E-state index is -0.752. The number of fused-ring (bicyclic) bond motifs is 1. The summed E-state index contributed by atoms with van der Waals surface area (Å²) in [6, 6.07) is 13.5. The van der Waals surface area contributed by atoms with Gasteiger partial charge in [0.25, 0.3) is 11.5 Å². The lowest BCUT2D eigenvalue weighted by Crippen LogP contribution is -2.39. The van der Waals surface area contributed by atoms with E-state index in [1.807, 2.05) is 0 Å². The van der Waals surface area contributed by atoms with Gasteiger partial charge in [-0.25, -0.2) is 4.68 Å². The molecule has 3 aromatic rings. The van der Waals surface area contributed by atoms with E-state index in [-0.39, 0.29) is 31.3 Å². The van der Waals surface area contributed by atoms with Crippen LogP contribution in [-0.4, -0.2) is 49.3 Å². The summed E-state index contributed by atoms with van der Waals surface area (Å²) >= 11 is 0. The van der Waals surface area contributed by atoms with Crippen LogP contribution < -0.4 is 34.6 Å². The van der Waals surface area contributed by atoms with Crippen molar-refractivity contribution in [2.45, 2.75) is 19.6 Å². The van der Waals surface area contributed by atoms with Crippen molar-refractivity contribution in [2.24, 2.45) is 0 Å². The summed E-state index contributed by atoms with van der Waals surface area (Å²) in [6.45, 7) is 2.18. The fourth-order valence-electron chi connectivity index (χ4n) is 3.40. The van der Waals surface area contributed by atoms with E-state index in [1.54, 1.807) is 63.6 Å². The van der Waals surface area contributed by atoms with Gasteiger partial charge in [0, 0.05) is 24.2 Å². The summed E-state index contributed by atoms with van der Waals surface area (Å²) in [5.74, 6) is 2.61. The fourth-order valence-corrected chi connectivity index (χ4v) is 3.40. The number of nitrogens with one attached hydrogen (secondary N) is 1. The summed E-state index contributed by atoms with van der Waals surface area (Å²) in [5, 5.41) is 7.20. The van der Waals surface area contributed by atoms with Crippen molar-refractivity contribution in [3.8, 4) is 40.0 Å². The highest BCUT2D eigenvalue weighted by Gasteiger charge is 2.18. The maximum Gasteiger partial charge on any atom is 0.266 e. The Balaban J connectivity index is 1.38. The summed E-state index contributed by atoms with van der Waals surface area (Å²) in [7, 11) is 3.13. The van der Waals surface area contributed by atoms with Crippen molar-refractivity contribution in [1.29, 1.82) is 0 Å². The predicted octanol–water partition coefficient (Wildman–Crippen LogP) is 2.24. The molecule has 2 aromatic carbocycles. The van der Waals surface area contributed by atoms with Crippen LogP contribution in [0.1, 0.15) is 6.92 Å². The minimum absolute atomic E-state index is 0.161. The molecule has 1 aliphatic heterocycles. The maximum absolute atomic E-state index is 12.5. The molecule has 1 unspecified atom stereocenters. The first-order chi connectivity index (χ1) is 16.5. The number of ether oxygens (including phenoxy) is 5. The number of carbonyl (C=O) groups is 1. The van der Waals surface area contributed by atoms with E-state index in [0.29, 0.717) is 40.0 Å². The molecule has 0 aliphatic carbocycles. The Kier molecular flexibility index (Phi) is 6.86. The molecule has 34 heavy (non-hydrogen) atoms. The minimum Gasteiger partial charge on any atom is -0.497 e. The molecule has 1 aliphatic rings. The van der Waals surface area contributed by atoms with Crippen LogP contribution in [0.3, 0.4) is 0 Å². The van der Waals surface area contributed by atoms with Crippen molar-refractivity contribution >= 4 is 5.91 Å². The number of rotatable bonds is 9. The zero-order valence-corrected chi connectivity index (χ0v) is 19.1. The van der Waals surface area contributed by atoms with E-state index in [0.717, 1.165) is 0 Å². The van der Waals surface area contributed by atoms with Crippen LogP contribution in [0.25, 0.3) is 11.3 Å². The van der Waals surface area contributed by atoms with Gasteiger partial charge < -0.3 is 29.0 Å². The number of hydrogen-bond donors (Lipinski definition) is 1. The topological polar surface area (TPSA) is 110 Å². The Morgan fingerprint density at radius 1 is 1.06 bits per heavy atom. The molecule has 1 N–H and O–H groups in total. The summed E-state index contributed by atoms with van der Waals surface area (Å²) in [4.78, 5) is 24.8. The van der Waals surface area contributed by atoms with Gasteiger partial charge in [-0.3, -0.25) is 9.59 Å². The molecule has 2 heterocycles. The van der Waals surface area contributed by atoms with Gasteiger partial charge in [0.2, 0.25) is 6.79 Å². The van der Waals surface area contributed by atoms with Gasteiger partial charge in [0.15, 0.2) is 17.6 Å². The van der Waals surface area contributed by atoms with Gasteiger partial charge in [-0.05, 0) is 43.3 Å². The first-order valence-electron chi connectivity index (χ1n) is 10.6. The van der Waals surface area contributed by atoms with Gasteiger partial charge in [0.05, 0.1) is 26.5 Å². The monoisotopic (exact) mass is 467 g/mol. The van der Waals surface area contributed by atoms with Gasteiger partial charge in [-0.15, -0.1) is 0 Å². The molecule has 0 bridgehead atoms. The molecule has 0 radical (unpaired) electrons. The zero-order chi connectivity index (χ0) is 24.1. The fraction of sp³-hybridized carbons (Fsp3) is 0.292. The third-order valence-corrected chi connectivity index (χ3v) is 5.20. The zero-order valence-electron chi connectivity index (χ0n) is 19.1. The number of hydrogen-bond acceptors (Lipinski definition) is 8. The largest absolute Gasteiger partial charge is 0.497 e. The lowest BCUT2D eigenvalue weighted by Gasteiger charge is -2.15. The average Bonchev–Trinajstić information content (AvgIpc) is 3.32. The van der Waals surface area contributed by atoms with Gasteiger partial charge in [-0.1, -0.05) is 0 Å². The summed E-state index contributed by atoms with van der Waals surface area (Å²) in [6.07, 6.45) is -0.752. The SMILES string of the molecule is COc1ccc(OC)c(-c2ccc(=O)n(CCNC(=O)C(C)Oc3ccc4c(c3)OCO4)n2)c1. The number of amides is 1. The molecule has 0 spiro atoms. The first kappa shape index (κ1) is 23.0. The van der Waals surface area contributed by atoms with Crippen molar-refractivity contribution in [1.82, 2.24) is 15.1 Å². The van der Waals surface area contributed by atoms with E-state index in [1.165, 1.54) is 10.7 Å². The number of nitrogens with zero attached hydrogens (tertiary/aromatic N) is 2. The molecule has 1 atom stereocenters. The Bertz CT molecular complexity index is 1240.